The molecule has 2 rings (SSSR count). The number of carbonyl (C=O) groups is 1. The fourth-order valence-electron chi connectivity index (χ4n) is 1.84. The zero-order valence-electron chi connectivity index (χ0n) is 10.6. The minimum absolute atomic E-state index is 0.219. The van der Waals surface area contributed by atoms with E-state index in [-0.39, 0.29) is 5.91 Å². The summed E-state index contributed by atoms with van der Waals surface area (Å²) in [4.78, 5) is 12.1. The van der Waals surface area contributed by atoms with Crippen LogP contribution in [-0.4, -0.2) is 5.91 Å². The molecule has 2 aromatic rings. The summed E-state index contributed by atoms with van der Waals surface area (Å²) >= 11 is 3.40. The zero-order valence-corrected chi connectivity index (χ0v) is 12.1. The molecule has 3 N–H and O–H groups in total. The molecule has 0 unspecified atom stereocenters. The summed E-state index contributed by atoms with van der Waals surface area (Å²) < 4.78 is 0.927. The highest BCUT2D eigenvalue weighted by Gasteiger charge is 2.15. The maximum Gasteiger partial charge on any atom is 0.245 e. The zero-order chi connectivity index (χ0) is 13.8. The lowest BCUT2D eigenvalue weighted by Gasteiger charge is -2.13. The van der Waals surface area contributed by atoms with Crippen molar-refractivity contribution in [1.29, 1.82) is 0 Å². The quantitative estimate of drug-likeness (QED) is 0.911. The van der Waals surface area contributed by atoms with Crippen molar-refractivity contribution in [3.63, 3.8) is 0 Å². The molecule has 0 fully saturated rings. The maximum atomic E-state index is 12.1. The highest BCUT2D eigenvalue weighted by molar-refractivity contribution is 9.10. The van der Waals surface area contributed by atoms with E-state index in [1.165, 1.54) is 0 Å². The highest BCUT2D eigenvalue weighted by Crippen LogP contribution is 2.20. The standard InChI is InChI=1S/C15H15BrN2O/c1-10-7-12(16)9-13(8-10)18-15(19)14(17)11-5-3-2-4-6-11/h2-9,14H,17H2,1H3,(H,18,19)/t14-/m0/s1. The largest absolute Gasteiger partial charge is 0.324 e. The van der Waals surface area contributed by atoms with E-state index >= 15 is 0 Å². The van der Waals surface area contributed by atoms with Gasteiger partial charge in [0.2, 0.25) is 5.91 Å². The Morgan fingerprint density at radius 1 is 1.21 bits per heavy atom. The Morgan fingerprint density at radius 2 is 1.89 bits per heavy atom. The van der Waals surface area contributed by atoms with Crippen molar-refractivity contribution in [3.05, 3.63) is 64.1 Å². The van der Waals surface area contributed by atoms with Crippen molar-refractivity contribution < 1.29 is 4.79 Å². The molecule has 0 heterocycles. The molecule has 4 heteroatoms. The first kappa shape index (κ1) is 13.8. The average Bonchev–Trinajstić information content (AvgIpc) is 2.37. The number of rotatable bonds is 3. The Labute approximate surface area is 121 Å². The van der Waals surface area contributed by atoms with Crippen LogP contribution in [0.3, 0.4) is 0 Å². The van der Waals surface area contributed by atoms with E-state index in [9.17, 15) is 4.79 Å². The Hall–Kier alpha value is -1.65. The summed E-state index contributed by atoms with van der Waals surface area (Å²) in [6.45, 7) is 1.97. The molecule has 0 aliphatic rings. The van der Waals surface area contributed by atoms with Gasteiger partial charge in [-0.2, -0.15) is 0 Å². The number of nitrogens with two attached hydrogens (primary N) is 1. The van der Waals surface area contributed by atoms with Crippen molar-refractivity contribution in [2.24, 2.45) is 5.73 Å². The number of amides is 1. The van der Waals surface area contributed by atoms with Crippen molar-refractivity contribution >= 4 is 27.5 Å². The lowest BCUT2D eigenvalue weighted by Crippen LogP contribution is -2.27. The third-order valence-corrected chi connectivity index (χ3v) is 3.21. The second-order valence-electron chi connectivity index (χ2n) is 4.39. The minimum atomic E-state index is -0.666. The van der Waals surface area contributed by atoms with Crippen LogP contribution < -0.4 is 11.1 Å². The number of anilines is 1. The van der Waals surface area contributed by atoms with Gasteiger partial charge in [0.25, 0.3) is 0 Å². The van der Waals surface area contributed by atoms with Crippen LogP contribution in [0.25, 0.3) is 0 Å². The summed E-state index contributed by atoms with van der Waals surface area (Å²) in [6, 6.07) is 14.4. The Kier molecular flexibility index (Phi) is 4.35. The van der Waals surface area contributed by atoms with Gasteiger partial charge in [0.05, 0.1) is 0 Å². The summed E-state index contributed by atoms with van der Waals surface area (Å²) in [6.07, 6.45) is 0. The lowest BCUT2D eigenvalue weighted by molar-refractivity contribution is -0.117. The predicted octanol–water partition coefficient (Wildman–Crippen LogP) is 3.40. The molecule has 3 nitrogen and oxygen atoms in total. The van der Waals surface area contributed by atoms with Gasteiger partial charge in [-0.1, -0.05) is 46.3 Å². The molecule has 0 spiro atoms. The van der Waals surface area contributed by atoms with E-state index in [1.807, 2.05) is 55.5 Å². The van der Waals surface area contributed by atoms with Crippen LogP contribution in [0.1, 0.15) is 17.2 Å². The van der Waals surface area contributed by atoms with E-state index in [4.69, 9.17) is 5.73 Å². The fourth-order valence-corrected chi connectivity index (χ4v) is 2.45. The third kappa shape index (κ3) is 3.66. The number of hydrogen-bond donors (Lipinski definition) is 2. The molecule has 0 radical (unpaired) electrons. The second-order valence-corrected chi connectivity index (χ2v) is 5.31. The molecule has 1 amide bonds. The van der Waals surface area contributed by atoms with Crippen LogP contribution in [0.4, 0.5) is 5.69 Å². The van der Waals surface area contributed by atoms with Crippen LogP contribution in [-0.2, 0) is 4.79 Å². The molecule has 0 saturated carbocycles. The highest BCUT2D eigenvalue weighted by atomic mass is 79.9. The molecule has 0 aliphatic carbocycles. The number of hydrogen-bond acceptors (Lipinski definition) is 2. The van der Waals surface area contributed by atoms with Crippen LogP contribution in [0.5, 0.6) is 0 Å². The topological polar surface area (TPSA) is 55.1 Å². The smallest absolute Gasteiger partial charge is 0.245 e. The first-order valence-corrected chi connectivity index (χ1v) is 6.74. The van der Waals surface area contributed by atoms with Crippen molar-refractivity contribution in [2.45, 2.75) is 13.0 Å². The third-order valence-electron chi connectivity index (χ3n) is 2.75. The van der Waals surface area contributed by atoms with E-state index in [0.29, 0.717) is 0 Å². The molecule has 19 heavy (non-hydrogen) atoms. The molecule has 0 aliphatic heterocycles. The lowest BCUT2D eigenvalue weighted by atomic mass is 10.1. The SMILES string of the molecule is Cc1cc(Br)cc(NC(=O)[C@@H](N)c2ccccc2)c1. The maximum absolute atomic E-state index is 12.1. The van der Waals surface area contributed by atoms with Gasteiger partial charge >= 0.3 is 0 Å². The van der Waals surface area contributed by atoms with Crippen LogP contribution in [0, 0.1) is 6.92 Å². The van der Waals surface area contributed by atoms with Crippen LogP contribution in [0.2, 0.25) is 0 Å². The molecule has 0 saturated heterocycles. The predicted molar refractivity (Wildman–Crippen MR) is 80.9 cm³/mol. The Balaban J connectivity index is 2.13. The van der Waals surface area contributed by atoms with Gasteiger partial charge in [-0.25, -0.2) is 0 Å². The molecular weight excluding hydrogens is 304 g/mol. The molecule has 0 aromatic heterocycles. The van der Waals surface area contributed by atoms with Gasteiger partial charge in [-0.3, -0.25) is 4.79 Å². The minimum Gasteiger partial charge on any atom is -0.324 e. The van der Waals surface area contributed by atoms with Gasteiger partial charge in [-0.05, 0) is 36.2 Å². The fraction of sp³-hybridized carbons (Fsp3) is 0.133. The summed E-state index contributed by atoms with van der Waals surface area (Å²) in [5.41, 5.74) is 8.54. The van der Waals surface area contributed by atoms with Crippen molar-refractivity contribution in [1.82, 2.24) is 0 Å². The summed E-state index contributed by atoms with van der Waals surface area (Å²) in [5.74, 6) is -0.219. The molecule has 0 bridgehead atoms. The van der Waals surface area contributed by atoms with Crippen molar-refractivity contribution in [2.75, 3.05) is 5.32 Å². The number of carbonyl (C=O) groups excluding carboxylic acids is 1. The van der Waals surface area contributed by atoms with E-state index in [1.54, 1.807) is 0 Å². The average molecular weight is 319 g/mol. The van der Waals surface area contributed by atoms with Crippen molar-refractivity contribution in [3.8, 4) is 0 Å². The van der Waals surface area contributed by atoms with Crippen LogP contribution >= 0.6 is 15.9 Å². The first-order valence-electron chi connectivity index (χ1n) is 5.95. The number of nitrogens with one attached hydrogen (secondary N) is 1. The van der Waals surface area contributed by atoms with E-state index in [2.05, 4.69) is 21.2 Å². The molecule has 1 atom stereocenters. The Bertz CT molecular complexity index is 564. The monoisotopic (exact) mass is 318 g/mol. The van der Waals surface area contributed by atoms with Gasteiger partial charge in [0.1, 0.15) is 6.04 Å². The van der Waals surface area contributed by atoms with Gasteiger partial charge in [0.15, 0.2) is 0 Å². The van der Waals surface area contributed by atoms with Gasteiger partial charge < -0.3 is 11.1 Å². The molecular formula is C15H15BrN2O. The van der Waals surface area contributed by atoms with Gasteiger partial charge in [0, 0.05) is 10.2 Å². The number of aryl methyl sites for hydroxylation is 1. The first-order chi connectivity index (χ1) is 9.06. The summed E-state index contributed by atoms with van der Waals surface area (Å²) in [7, 11) is 0. The van der Waals surface area contributed by atoms with E-state index < -0.39 is 6.04 Å². The number of halogens is 1. The molecule has 98 valence electrons. The number of benzene rings is 2. The van der Waals surface area contributed by atoms with Gasteiger partial charge in [-0.15, -0.1) is 0 Å². The Morgan fingerprint density at radius 3 is 2.53 bits per heavy atom. The van der Waals surface area contributed by atoms with E-state index in [0.717, 1.165) is 21.3 Å². The normalized spacial score (nSPS) is 11.9. The summed E-state index contributed by atoms with van der Waals surface area (Å²) in [5, 5.41) is 2.83. The second kappa shape index (κ2) is 5.99. The van der Waals surface area contributed by atoms with Crippen LogP contribution in [0.15, 0.2) is 53.0 Å². The molecule has 2 aromatic carbocycles.